The van der Waals surface area contributed by atoms with Gasteiger partial charge in [0.25, 0.3) is 0 Å². The van der Waals surface area contributed by atoms with Crippen LogP contribution in [0.2, 0.25) is 0 Å². The number of benzene rings is 1. The van der Waals surface area contributed by atoms with Crippen molar-refractivity contribution in [2.75, 3.05) is 13.1 Å². The zero-order valence-electron chi connectivity index (χ0n) is 13.7. The van der Waals surface area contributed by atoms with Gasteiger partial charge in [-0.1, -0.05) is 18.2 Å². The zero-order chi connectivity index (χ0) is 15.8. The van der Waals surface area contributed by atoms with Crippen LogP contribution in [0.5, 0.6) is 0 Å². The lowest BCUT2D eigenvalue weighted by Gasteiger charge is -2.54. The van der Waals surface area contributed by atoms with Crippen molar-refractivity contribution < 1.29 is 9.53 Å². The summed E-state index contributed by atoms with van der Waals surface area (Å²) in [6, 6.07) is 9.12. The monoisotopic (exact) mass is 322 g/mol. The largest absolute Gasteiger partial charge is 0.461 e. The lowest BCUT2D eigenvalue weighted by Crippen LogP contribution is -2.59. The molecule has 4 heterocycles. The number of H-pyrrole nitrogens is 1. The maximum Gasteiger partial charge on any atom is 0.313 e. The molecule has 1 aromatic heterocycles. The number of hydrogen-bond acceptors (Lipinski definition) is 3. The second kappa shape index (κ2) is 4.63. The number of carbonyl (C=O) groups excluding carboxylic acids is 1. The van der Waals surface area contributed by atoms with Gasteiger partial charge in [-0.25, -0.2) is 0 Å². The summed E-state index contributed by atoms with van der Waals surface area (Å²) in [5, 5.41) is 1.39. The maximum absolute atomic E-state index is 12.0. The Hall–Kier alpha value is -1.81. The first-order valence-electron chi connectivity index (χ1n) is 9.33. The number of rotatable bonds is 0. The molecule has 0 radical (unpaired) electrons. The molecule has 0 amide bonds. The van der Waals surface area contributed by atoms with Gasteiger partial charge in [0.2, 0.25) is 0 Å². The van der Waals surface area contributed by atoms with Crippen LogP contribution in [0, 0.1) is 17.8 Å². The molecule has 1 aromatic carbocycles. The predicted octanol–water partition coefficient (Wildman–Crippen LogP) is 3.04. The summed E-state index contributed by atoms with van der Waals surface area (Å²) in [5.41, 5.74) is 4.18. The lowest BCUT2D eigenvalue weighted by molar-refractivity contribution is -0.205. The second-order valence-electron chi connectivity index (χ2n) is 8.06. The fourth-order valence-corrected chi connectivity index (χ4v) is 5.93. The number of aromatic nitrogens is 1. The molecule has 1 N–H and O–H groups in total. The Bertz CT molecular complexity index is 841. The molecule has 2 unspecified atom stereocenters. The summed E-state index contributed by atoms with van der Waals surface area (Å²) in [5.74, 6) is 1.45. The van der Waals surface area contributed by atoms with Gasteiger partial charge in [-0.15, -0.1) is 0 Å². The number of esters is 1. The van der Waals surface area contributed by atoms with Crippen molar-refractivity contribution in [1.29, 1.82) is 0 Å². The van der Waals surface area contributed by atoms with Gasteiger partial charge < -0.3 is 9.72 Å². The van der Waals surface area contributed by atoms with Crippen LogP contribution >= 0.6 is 0 Å². The quantitative estimate of drug-likeness (QED) is 0.758. The van der Waals surface area contributed by atoms with Crippen molar-refractivity contribution in [2.45, 2.75) is 37.8 Å². The van der Waals surface area contributed by atoms with Gasteiger partial charge in [0.15, 0.2) is 0 Å². The molecule has 124 valence electrons. The molecular weight excluding hydrogens is 300 g/mol. The number of piperidine rings is 1. The van der Waals surface area contributed by atoms with Gasteiger partial charge in [-0.05, 0) is 49.1 Å². The third kappa shape index (κ3) is 1.65. The first kappa shape index (κ1) is 13.5. The van der Waals surface area contributed by atoms with E-state index in [9.17, 15) is 4.79 Å². The van der Waals surface area contributed by atoms with E-state index in [1.165, 1.54) is 28.6 Å². The van der Waals surface area contributed by atoms with Crippen molar-refractivity contribution in [3.63, 3.8) is 0 Å². The van der Waals surface area contributed by atoms with E-state index in [0.717, 1.165) is 32.4 Å². The predicted molar refractivity (Wildman–Crippen MR) is 90.5 cm³/mol. The fraction of sp³-hybridized carbons (Fsp3) is 0.550. The van der Waals surface area contributed by atoms with Crippen LogP contribution in [0.1, 0.15) is 36.6 Å². The van der Waals surface area contributed by atoms with Crippen molar-refractivity contribution in [2.24, 2.45) is 17.8 Å². The lowest BCUT2D eigenvalue weighted by atomic mass is 9.63. The highest BCUT2D eigenvalue weighted by Crippen LogP contribution is 2.52. The van der Waals surface area contributed by atoms with Gasteiger partial charge >= 0.3 is 5.97 Å². The standard InChI is InChI=1S/C20H22N2O2/c23-20-18-14-9-16-19-13(12-3-1-2-4-15(12)21-19)7-8-22(16)10-11(14)5-6-17(18)24-20/h1-4,11,14,16-18,21H,5-10H2/t11-,14-,16-,17?,18?/m0/s1. The molecule has 5 atom stereocenters. The normalized spacial score (nSPS) is 37.7. The average molecular weight is 322 g/mol. The molecular formula is C20H22N2O2. The van der Waals surface area contributed by atoms with Crippen LogP contribution in [0.15, 0.2) is 24.3 Å². The Labute approximate surface area is 141 Å². The number of nitrogens with one attached hydrogen (secondary N) is 1. The molecule has 3 aliphatic heterocycles. The summed E-state index contributed by atoms with van der Waals surface area (Å²) in [4.78, 5) is 18.4. The fourth-order valence-electron chi connectivity index (χ4n) is 5.93. The van der Waals surface area contributed by atoms with E-state index < -0.39 is 0 Å². The summed E-state index contributed by atoms with van der Waals surface area (Å²) in [7, 11) is 0. The summed E-state index contributed by atoms with van der Waals surface area (Å²) in [6.07, 6.45) is 4.77. The molecule has 0 bridgehead atoms. The molecule has 4 aliphatic rings. The van der Waals surface area contributed by atoms with E-state index in [0.29, 0.717) is 17.9 Å². The van der Waals surface area contributed by atoms with Gasteiger partial charge in [0, 0.05) is 29.7 Å². The Morgan fingerprint density at radius 2 is 2.12 bits per heavy atom. The minimum atomic E-state index is 0.0656. The van der Waals surface area contributed by atoms with Crippen molar-refractivity contribution in [3.8, 4) is 0 Å². The van der Waals surface area contributed by atoms with Crippen LogP contribution in [0.4, 0.5) is 0 Å². The number of hydrogen-bond donors (Lipinski definition) is 1. The molecule has 4 heteroatoms. The molecule has 2 saturated heterocycles. The Morgan fingerprint density at radius 1 is 1.21 bits per heavy atom. The van der Waals surface area contributed by atoms with Gasteiger partial charge in [-0.3, -0.25) is 9.69 Å². The number of nitrogens with zero attached hydrogens (tertiary/aromatic N) is 1. The van der Waals surface area contributed by atoms with Crippen LogP contribution < -0.4 is 0 Å². The van der Waals surface area contributed by atoms with E-state index in [1.54, 1.807) is 0 Å². The summed E-state index contributed by atoms with van der Waals surface area (Å²) >= 11 is 0. The van der Waals surface area contributed by atoms with E-state index in [1.807, 2.05) is 0 Å². The van der Waals surface area contributed by atoms with E-state index in [4.69, 9.17) is 4.74 Å². The van der Waals surface area contributed by atoms with Crippen LogP contribution in [0.3, 0.4) is 0 Å². The molecule has 2 aromatic rings. The molecule has 0 spiro atoms. The molecule has 4 nitrogen and oxygen atoms in total. The SMILES string of the molecule is O=C1OC2CC[C@H]3CN4CCc5c([nH]c6ccccc56)[C@@H]4C[C@@H]3C12. The summed E-state index contributed by atoms with van der Waals surface area (Å²) in [6.45, 7) is 2.31. The van der Waals surface area contributed by atoms with E-state index in [-0.39, 0.29) is 18.0 Å². The van der Waals surface area contributed by atoms with Crippen molar-refractivity contribution in [3.05, 3.63) is 35.5 Å². The number of fused-ring (bicyclic) bond motifs is 8. The number of para-hydroxylation sites is 1. The molecule has 3 fully saturated rings. The molecule has 1 aliphatic carbocycles. The minimum Gasteiger partial charge on any atom is -0.461 e. The average Bonchev–Trinajstić information content (AvgIpc) is 2.97. The Morgan fingerprint density at radius 3 is 3.04 bits per heavy atom. The van der Waals surface area contributed by atoms with Crippen molar-refractivity contribution >= 4 is 16.9 Å². The summed E-state index contributed by atoms with van der Waals surface area (Å²) < 4.78 is 5.39. The number of aromatic amines is 1. The third-order valence-corrected chi connectivity index (χ3v) is 7.06. The highest BCUT2D eigenvalue weighted by molar-refractivity contribution is 5.85. The smallest absolute Gasteiger partial charge is 0.313 e. The Balaban J connectivity index is 1.41. The third-order valence-electron chi connectivity index (χ3n) is 7.06. The van der Waals surface area contributed by atoms with Crippen molar-refractivity contribution in [1.82, 2.24) is 9.88 Å². The maximum atomic E-state index is 12.0. The highest BCUT2D eigenvalue weighted by Gasteiger charge is 2.55. The van der Waals surface area contributed by atoms with Crippen LogP contribution in [-0.4, -0.2) is 35.0 Å². The first-order chi connectivity index (χ1) is 11.8. The molecule has 6 rings (SSSR count). The second-order valence-corrected chi connectivity index (χ2v) is 8.06. The van der Waals surface area contributed by atoms with Crippen LogP contribution in [0.25, 0.3) is 10.9 Å². The highest BCUT2D eigenvalue weighted by atomic mass is 16.6. The number of ether oxygens (including phenoxy) is 1. The van der Waals surface area contributed by atoms with E-state index >= 15 is 0 Å². The van der Waals surface area contributed by atoms with Gasteiger partial charge in [0.1, 0.15) is 6.10 Å². The first-order valence-corrected chi connectivity index (χ1v) is 9.33. The zero-order valence-corrected chi connectivity index (χ0v) is 13.7. The molecule has 1 saturated carbocycles. The van der Waals surface area contributed by atoms with Crippen LogP contribution in [-0.2, 0) is 16.0 Å². The van der Waals surface area contributed by atoms with Gasteiger partial charge in [0.05, 0.1) is 12.0 Å². The Kier molecular flexibility index (Phi) is 2.60. The van der Waals surface area contributed by atoms with E-state index in [2.05, 4.69) is 34.1 Å². The number of carbonyl (C=O) groups is 1. The molecule has 24 heavy (non-hydrogen) atoms. The van der Waals surface area contributed by atoms with Gasteiger partial charge in [-0.2, -0.15) is 0 Å². The minimum absolute atomic E-state index is 0.0656. The topological polar surface area (TPSA) is 45.3 Å².